The smallest absolute Gasteiger partial charge is 0.294 e. The first-order chi connectivity index (χ1) is 9.84. The van der Waals surface area contributed by atoms with Gasteiger partial charge >= 0.3 is 5.91 Å². The maximum atomic E-state index is 11.4. The molecule has 110 valence electrons. The molecule has 0 aliphatic heterocycles. The summed E-state index contributed by atoms with van der Waals surface area (Å²) in [6.45, 7) is 5.00. The van der Waals surface area contributed by atoms with Crippen LogP contribution in [-0.4, -0.2) is 35.3 Å². The topological polar surface area (TPSA) is 97.7 Å². The van der Waals surface area contributed by atoms with Crippen molar-refractivity contribution < 1.29 is 24.0 Å². The molecule has 0 bridgehead atoms. The Hall–Kier alpha value is -2.76. The summed E-state index contributed by atoms with van der Waals surface area (Å²) in [5.41, 5.74) is 0.830. The summed E-state index contributed by atoms with van der Waals surface area (Å²) in [4.78, 5) is 58.0. The number of carbonyl (C=O) groups excluding carboxylic acids is 5. The standard InChI is InChI=1S/C15H15NO5/c1-4-5-6-7-8-10(2)11(3)16-15(21)14(20)13(19)12(18)9-17/h4-9H,1-3H3/b5-4-,7-6-,10-8+,16-11+. The van der Waals surface area contributed by atoms with Gasteiger partial charge in [-0.25, -0.2) is 4.99 Å². The van der Waals surface area contributed by atoms with Crippen LogP contribution in [-0.2, 0) is 24.0 Å². The lowest BCUT2D eigenvalue weighted by molar-refractivity contribution is -0.149. The van der Waals surface area contributed by atoms with Crippen molar-refractivity contribution in [1.82, 2.24) is 0 Å². The molecule has 21 heavy (non-hydrogen) atoms. The molecule has 0 aliphatic carbocycles. The molecule has 0 unspecified atom stereocenters. The Morgan fingerprint density at radius 3 is 2.05 bits per heavy atom. The second kappa shape index (κ2) is 9.19. The van der Waals surface area contributed by atoms with Gasteiger partial charge in [0.05, 0.1) is 0 Å². The molecule has 0 spiro atoms. The van der Waals surface area contributed by atoms with Gasteiger partial charge in [0.1, 0.15) is 0 Å². The van der Waals surface area contributed by atoms with Crippen LogP contribution in [0, 0.1) is 0 Å². The average Bonchev–Trinajstić information content (AvgIpc) is 2.48. The van der Waals surface area contributed by atoms with E-state index in [1.807, 2.05) is 13.0 Å². The second-order valence-corrected chi connectivity index (χ2v) is 3.90. The number of hydrogen-bond acceptors (Lipinski definition) is 5. The molecule has 0 radical (unpaired) electrons. The first-order valence-electron chi connectivity index (χ1n) is 5.99. The van der Waals surface area contributed by atoms with Crippen molar-refractivity contribution in [3.05, 3.63) is 36.0 Å². The number of hydrogen-bond donors (Lipinski definition) is 0. The lowest BCUT2D eigenvalue weighted by Gasteiger charge is -1.98. The molecule has 0 heterocycles. The van der Waals surface area contributed by atoms with Gasteiger partial charge < -0.3 is 0 Å². The molecule has 0 aliphatic rings. The average molecular weight is 289 g/mol. The van der Waals surface area contributed by atoms with Crippen LogP contribution in [0.15, 0.2) is 40.9 Å². The summed E-state index contributed by atoms with van der Waals surface area (Å²) in [5, 5.41) is 0. The van der Waals surface area contributed by atoms with E-state index < -0.39 is 23.3 Å². The quantitative estimate of drug-likeness (QED) is 0.228. The molecule has 0 fully saturated rings. The number of aldehydes is 1. The Kier molecular flexibility index (Phi) is 7.98. The number of carbonyl (C=O) groups is 5. The van der Waals surface area contributed by atoms with Crippen molar-refractivity contribution in [2.75, 3.05) is 0 Å². The third-order valence-electron chi connectivity index (χ3n) is 2.33. The Labute approximate surface area is 121 Å². The highest BCUT2D eigenvalue weighted by molar-refractivity contribution is 6.84. The molecule has 0 atom stereocenters. The molecule has 0 aromatic heterocycles. The minimum atomic E-state index is -1.68. The Morgan fingerprint density at radius 2 is 1.52 bits per heavy atom. The van der Waals surface area contributed by atoms with E-state index >= 15 is 0 Å². The first-order valence-corrected chi connectivity index (χ1v) is 5.99. The van der Waals surface area contributed by atoms with Crippen LogP contribution in [0.1, 0.15) is 20.8 Å². The fourth-order valence-corrected chi connectivity index (χ4v) is 1.05. The van der Waals surface area contributed by atoms with E-state index in [1.54, 1.807) is 31.2 Å². The normalized spacial score (nSPS) is 12.7. The molecule has 6 nitrogen and oxygen atoms in total. The molecular weight excluding hydrogens is 274 g/mol. The van der Waals surface area contributed by atoms with E-state index in [2.05, 4.69) is 4.99 Å². The number of allylic oxidation sites excluding steroid dienone is 6. The SMILES string of the molecule is C\C=C/C=C\C=C(C)\C(C)=N\C(=O)C(=O)C(=O)C(=O)C=O. The fraction of sp³-hybridized carbons (Fsp3) is 0.200. The van der Waals surface area contributed by atoms with Gasteiger partial charge in [-0.15, -0.1) is 0 Å². The molecule has 0 saturated heterocycles. The third kappa shape index (κ3) is 6.29. The Bertz CT molecular complexity index is 591. The lowest BCUT2D eigenvalue weighted by atomic mass is 10.1. The number of ketones is 3. The van der Waals surface area contributed by atoms with Crippen LogP contribution in [0.4, 0.5) is 0 Å². The number of aliphatic imine (C=N–C) groups is 1. The molecular formula is C15H15NO5. The predicted octanol–water partition coefficient (Wildman–Crippen LogP) is 0.959. The zero-order valence-electron chi connectivity index (χ0n) is 12.0. The van der Waals surface area contributed by atoms with E-state index in [1.165, 1.54) is 6.92 Å². The van der Waals surface area contributed by atoms with Crippen molar-refractivity contribution in [2.45, 2.75) is 20.8 Å². The van der Waals surface area contributed by atoms with Gasteiger partial charge in [-0.2, -0.15) is 0 Å². The summed E-state index contributed by atoms with van der Waals surface area (Å²) in [6.07, 6.45) is 8.45. The predicted molar refractivity (Wildman–Crippen MR) is 76.9 cm³/mol. The summed E-state index contributed by atoms with van der Waals surface area (Å²) in [5.74, 6) is -6.24. The van der Waals surface area contributed by atoms with Crippen molar-refractivity contribution in [1.29, 1.82) is 0 Å². The summed E-state index contributed by atoms with van der Waals surface area (Å²) in [6, 6.07) is 0. The monoisotopic (exact) mass is 289 g/mol. The number of Topliss-reactive ketones (excluding diaryl/α,β-unsaturated/α-hetero) is 3. The Balaban J connectivity index is 5.02. The molecule has 0 saturated carbocycles. The zero-order valence-corrected chi connectivity index (χ0v) is 12.0. The highest BCUT2D eigenvalue weighted by Gasteiger charge is 2.28. The zero-order chi connectivity index (χ0) is 16.4. The number of nitrogens with zero attached hydrogens (tertiary/aromatic N) is 1. The van der Waals surface area contributed by atoms with Crippen molar-refractivity contribution in [3.8, 4) is 0 Å². The van der Waals surface area contributed by atoms with Gasteiger partial charge in [0.2, 0.25) is 0 Å². The molecule has 6 heteroatoms. The van der Waals surface area contributed by atoms with Gasteiger partial charge in [-0.3, -0.25) is 24.0 Å². The van der Waals surface area contributed by atoms with E-state index in [9.17, 15) is 24.0 Å². The number of amides is 1. The van der Waals surface area contributed by atoms with Gasteiger partial charge in [0.15, 0.2) is 6.29 Å². The second-order valence-electron chi connectivity index (χ2n) is 3.90. The van der Waals surface area contributed by atoms with Crippen LogP contribution in [0.2, 0.25) is 0 Å². The van der Waals surface area contributed by atoms with Crippen LogP contribution in [0.25, 0.3) is 0 Å². The summed E-state index contributed by atoms with van der Waals surface area (Å²) in [7, 11) is 0. The van der Waals surface area contributed by atoms with Gasteiger partial charge in [-0.1, -0.05) is 30.4 Å². The minimum Gasteiger partial charge on any atom is -0.294 e. The number of rotatable bonds is 7. The maximum Gasteiger partial charge on any atom is 0.321 e. The summed E-state index contributed by atoms with van der Waals surface area (Å²) >= 11 is 0. The molecule has 0 aromatic rings. The van der Waals surface area contributed by atoms with E-state index in [0.717, 1.165) is 0 Å². The van der Waals surface area contributed by atoms with Gasteiger partial charge in [0, 0.05) is 5.71 Å². The molecule has 0 rings (SSSR count). The summed E-state index contributed by atoms with van der Waals surface area (Å²) < 4.78 is 0. The Morgan fingerprint density at radius 1 is 0.905 bits per heavy atom. The maximum absolute atomic E-state index is 11.4. The third-order valence-corrected chi connectivity index (χ3v) is 2.33. The van der Waals surface area contributed by atoms with Crippen LogP contribution in [0.3, 0.4) is 0 Å². The molecule has 1 amide bonds. The van der Waals surface area contributed by atoms with Crippen molar-refractivity contribution in [3.63, 3.8) is 0 Å². The molecule has 0 aromatic carbocycles. The lowest BCUT2D eigenvalue weighted by Crippen LogP contribution is -2.30. The minimum absolute atomic E-state index is 0.227. The highest BCUT2D eigenvalue weighted by atomic mass is 16.2. The largest absolute Gasteiger partial charge is 0.321 e. The van der Waals surface area contributed by atoms with Crippen molar-refractivity contribution in [2.24, 2.45) is 4.99 Å². The van der Waals surface area contributed by atoms with E-state index in [-0.39, 0.29) is 12.0 Å². The van der Waals surface area contributed by atoms with Gasteiger partial charge in [0.25, 0.3) is 17.3 Å². The first kappa shape index (κ1) is 18.2. The highest BCUT2D eigenvalue weighted by Crippen LogP contribution is 1.99. The van der Waals surface area contributed by atoms with Crippen LogP contribution < -0.4 is 0 Å². The van der Waals surface area contributed by atoms with E-state index in [0.29, 0.717) is 5.57 Å². The molecule has 0 N–H and O–H groups in total. The van der Waals surface area contributed by atoms with Crippen LogP contribution in [0.5, 0.6) is 0 Å². The van der Waals surface area contributed by atoms with Crippen LogP contribution >= 0.6 is 0 Å². The van der Waals surface area contributed by atoms with Crippen molar-refractivity contribution >= 4 is 35.3 Å². The fourth-order valence-electron chi connectivity index (χ4n) is 1.05. The van der Waals surface area contributed by atoms with E-state index in [4.69, 9.17) is 0 Å². The van der Waals surface area contributed by atoms with Gasteiger partial charge in [-0.05, 0) is 26.3 Å².